The lowest BCUT2D eigenvalue weighted by Crippen LogP contribution is -2.50. The Hall–Kier alpha value is -1.56. The van der Waals surface area contributed by atoms with E-state index in [0.29, 0.717) is 12.1 Å². The van der Waals surface area contributed by atoms with Gasteiger partial charge >= 0.3 is 0 Å². The van der Waals surface area contributed by atoms with Crippen molar-refractivity contribution in [1.29, 1.82) is 0 Å². The lowest BCUT2D eigenvalue weighted by molar-refractivity contribution is 0.0595. The molecule has 0 aliphatic carbocycles. The summed E-state index contributed by atoms with van der Waals surface area (Å²) in [4.78, 5) is 20.0. The van der Waals surface area contributed by atoms with Gasteiger partial charge in [-0.3, -0.25) is 9.69 Å². The van der Waals surface area contributed by atoms with Crippen molar-refractivity contribution in [2.45, 2.75) is 45.7 Å². The zero-order valence-electron chi connectivity index (χ0n) is 17.9. The molecule has 2 aliphatic heterocycles. The Morgan fingerprint density at radius 1 is 1.17 bits per heavy atom. The molecule has 2 aliphatic rings. The Morgan fingerprint density at radius 3 is 2.62 bits per heavy atom. The summed E-state index contributed by atoms with van der Waals surface area (Å²) in [7, 11) is 0. The average Bonchev–Trinajstić information content (AvgIpc) is 3.09. The largest absolute Gasteiger partial charge is 0.342 e. The molecule has 2 saturated heterocycles. The van der Waals surface area contributed by atoms with Crippen LogP contribution in [0, 0.1) is 0 Å². The lowest BCUT2D eigenvalue weighted by atomic mass is 10.1. The van der Waals surface area contributed by atoms with Gasteiger partial charge in [0.05, 0.1) is 5.02 Å². The van der Waals surface area contributed by atoms with E-state index in [0.717, 1.165) is 60.8 Å². The number of halogens is 1. The highest BCUT2D eigenvalue weighted by Crippen LogP contribution is 2.33. The van der Waals surface area contributed by atoms with E-state index in [-0.39, 0.29) is 5.91 Å². The Kier molecular flexibility index (Phi) is 6.19. The van der Waals surface area contributed by atoms with E-state index in [1.807, 2.05) is 17.0 Å². The van der Waals surface area contributed by atoms with Crippen LogP contribution in [0.2, 0.25) is 5.02 Å². The predicted octanol–water partition coefficient (Wildman–Crippen LogP) is 4.12. The van der Waals surface area contributed by atoms with Crippen molar-refractivity contribution in [1.82, 2.24) is 19.3 Å². The summed E-state index contributed by atoms with van der Waals surface area (Å²) in [5.41, 5.74) is 1.88. The fraction of sp³-hybridized carbons (Fsp3) is 0.609. The van der Waals surface area contributed by atoms with Crippen molar-refractivity contribution in [2.24, 2.45) is 0 Å². The second-order valence-electron chi connectivity index (χ2n) is 8.73. The number of piperidine rings is 1. The minimum atomic E-state index is 0.119. The third-order valence-electron chi connectivity index (χ3n) is 6.68. The third kappa shape index (κ3) is 4.18. The highest BCUT2D eigenvalue weighted by molar-refractivity contribution is 6.35. The maximum absolute atomic E-state index is 13.1. The zero-order valence-corrected chi connectivity index (χ0v) is 18.7. The molecule has 0 bridgehead atoms. The molecule has 0 spiro atoms. The molecule has 158 valence electrons. The Labute approximate surface area is 179 Å². The van der Waals surface area contributed by atoms with Gasteiger partial charge in [0.1, 0.15) is 0 Å². The molecule has 3 heterocycles. The van der Waals surface area contributed by atoms with Crippen LogP contribution >= 0.6 is 11.6 Å². The van der Waals surface area contributed by atoms with Gasteiger partial charge in [-0.25, -0.2) is 0 Å². The predicted molar refractivity (Wildman–Crippen MR) is 120 cm³/mol. The first-order chi connectivity index (χ1) is 14.0. The van der Waals surface area contributed by atoms with Gasteiger partial charge in [0.2, 0.25) is 0 Å². The second-order valence-corrected chi connectivity index (χ2v) is 9.13. The standard InChI is InChI=1S/C23H33ClN4O/c1-4-25-9-5-6-19(15-25)28-16-21(24)20-14-18(7-8-22(20)28)23(29)27-12-10-26(11-13-27)17(2)3/h7-8,14,16-17,19H,4-6,9-13,15H2,1-3H3. The van der Waals surface area contributed by atoms with Crippen LogP contribution in [0.3, 0.4) is 0 Å². The van der Waals surface area contributed by atoms with E-state index in [2.05, 4.69) is 47.4 Å². The minimum absolute atomic E-state index is 0.119. The van der Waals surface area contributed by atoms with Crippen molar-refractivity contribution in [3.05, 3.63) is 35.0 Å². The normalized spacial score (nSPS) is 22.0. The van der Waals surface area contributed by atoms with Gasteiger partial charge in [0.25, 0.3) is 5.91 Å². The molecule has 2 aromatic rings. The highest BCUT2D eigenvalue weighted by Gasteiger charge is 2.25. The summed E-state index contributed by atoms with van der Waals surface area (Å²) in [6, 6.07) is 7.04. The summed E-state index contributed by atoms with van der Waals surface area (Å²) >= 11 is 6.62. The lowest BCUT2D eigenvalue weighted by Gasteiger charge is -2.37. The van der Waals surface area contributed by atoms with E-state index in [4.69, 9.17) is 11.6 Å². The minimum Gasteiger partial charge on any atom is -0.342 e. The van der Waals surface area contributed by atoms with Crippen LogP contribution < -0.4 is 0 Å². The van der Waals surface area contributed by atoms with Gasteiger partial charge in [0, 0.05) is 67.5 Å². The van der Waals surface area contributed by atoms with Gasteiger partial charge in [-0.05, 0) is 58.0 Å². The van der Waals surface area contributed by atoms with Gasteiger partial charge in [0.15, 0.2) is 0 Å². The number of benzene rings is 1. The number of amides is 1. The number of aromatic nitrogens is 1. The number of fused-ring (bicyclic) bond motifs is 1. The SMILES string of the molecule is CCN1CCCC(n2cc(Cl)c3cc(C(=O)N4CCN(C(C)C)CC4)ccc32)C1. The van der Waals surface area contributed by atoms with E-state index < -0.39 is 0 Å². The van der Waals surface area contributed by atoms with Crippen LogP contribution in [0.25, 0.3) is 10.9 Å². The summed E-state index contributed by atoms with van der Waals surface area (Å²) in [6.45, 7) is 13.5. The first-order valence-corrected chi connectivity index (χ1v) is 11.4. The molecule has 6 heteroatoms. The number of hydrogen-bond donors (Lipinski definition) is 0. The van der Waals surface area contributed by atoms with Crippen molar-refractivity contribution >= 4 is 28.4 Å². The second kappa shape index (κ2) is 8.66. The van der Waals surface area contributed by atoms with Gasteiger partial charge in [-0.15, -0.1) is 0 Å². The van der Waals surface area contributed by atoms with Crippen LogP contribution in [0.4, 0.5) is 0 Å². The number of rotatable bonds is 4. The van der Waals surface area contributed by atoms with Crippen molar-refractivity contribution < 1.29 is 4.79 Å². The summed E-state index contributed by atoms with van der Waals surface area (Å²) in [5.74, 6) is 0.119. The van der Waals surface area contributed by atoms with Crippen LogP contribution in [-0.2, 0) is 0 Å². The number of likely N-dealkylation sites (N-methyl/N-ethyl adjacent to an activating group) is 1. The molecule has 0 N–H and O–H groups in total. The first-order valence-electron chi connectivity index (χ1n) is 11.0. The van der Waals surface area contributed by atoms with Crippen molar-refractivity contribution in [3.8, 4) is 0 Å². The molecule has 1 unspecified atom stereocenters. The highest BCUT2D eigenvalue weighted by atomic mass is 35.5. The number of nitrogens with zero attached hydrogens (tertiary/aromatic N) is 4. The number of carbonyl (C=O) groups excluding carboxylic acids is 1. The maximum atomic E-state index is 13.1. The topological polar surface area (TPSA) is 31.7 Å². The smallest absolute Gasteiger partial charge is 0.253 e. The number of hydrogen-bond acceptors (Lipinski definition) is 3. The van der Waals surface area contributed by atoms with Crippen molar-refractivity contribution in [2.75, 3.05) is 45.8 Å². The van der Waals surface area contributed by atoms with E-state index >= 15 is 0 Å². The molecule has 1 atom stereocenters. The molecule has 0 saturated carbocycles. The molecule has 4 rings (SSSR count). The van der Waals surface area contributed by atoms with Crippen LogP contribution in [0.5, 0.6) is 0 Å². The average molecular weight is 417 g/mol. The number of carbonyl (C=O) groups is 1. The number of piperazine rings is 1. The maximum Gasteiger partial charge on any atom is 0.253 e. The van der Waals surface area contributed by atoms with Crippen molar-refractivity contribution in [3.63, 3.8) is 0 Å². The molecule has 5 nitrogen and oxygen atoms in total. The first kappa shape index (κ1) is 20.7. The van der Waals surface area contributed by atoms with Crippen LogP contribution in [0.1, 0.15) is 50.0 Å². The van der Waals surface area contributed by atoms with Crippen LogP contribution in [0.15, 0.2) is 24.4 Å². The molecule has 0 radical (unpaired) electrons. The fourth-order valence-corrected chi connectivity index (χ4v) is 5.07. The summed E-state index contributed by atoms with van der Waals surface area (Å²) in [6.07, 6.45) is 4.46. The molecular weight excluding hydrogens is 384 g/mol. The fourth-order valence-electron chi connectivity index (χ4n) is 4.82. The monoisotopic (exact) mass is 416 g/mol. The zero-order chi connectivity index (χ0) is 20.5. The summed E-state index contributed by atoms with van der Waals surface area (Å²) < 4.78 is 2.33. The molecule has 1 aromatic heterocycles. The Balaban J connectivity index is 1.54. The van der Waals surface area contributed by atoms with Gasteiger partial charge in [-0.1, -0.05) is 18.5 Å². The third-order valence-corrected chi connectivity index (χ3v) is 6.99. The van der Waals surface area contributed by atoms with E-state index in [1.165, 1.54) is 19.4 Å². The van der Waals surface area contributed by atoms with E-state index in [9.17, 15) is 4.79 Å². The quantitative estimate of drug-likeness (QED) is 0.751. The van der Waals surface area contributed by atoms with Crippen LogP contribution in [-0.4, -0.2) is 77.0 Å². The van der Waals surface area contributed by atoms with E-state index in [1.54, 1.807) is 0 Å². The molecule has 2 fully saturated rings. The Bertz CT molecular complexity index is 869. The van der Waals surface area contributed by atoms with Gasteiger partial charge < -0.3 is 14.4 Å². The Morgan fingerprint density at radius 2 is 1.93 bits per heavy atom. The summed E-state index contributed by atoms with van der Waals surface area (Å²) in [5, 5.41) is 1.74. The molecule has 1 amide bonds. The molecular formula is C23H33ClN4O. The molecule has 29 heavy (non-hydrogen) atoms. The number of likely N-dealkylation sites (tertiary alicyclic amines) is 1. The van der Waals surface area contributed by atoms with Gasteiger partial charge in [-0.2, -0.15) is 0 Å². The molecule has 1 aromatic carbocycles.